The van der Waals surface area contributed by atoms with Crippen LogP contribution in [0, 0.1) is 10.8 Å². The Balaban J connectivity index is 2.79. The normalized spacial score (nSPS) is 22.1. The predicted octanol–water partition coefficient (Wildman–Crippen LogP) is 2.88. The smallest absolute Gasteiger partial charge is 0.102 e. The first-order chi connectivity index (χ1) is 5.75. The van der Waals surface area contributed by atoms with E-state index in [4.69, 9.17) is 5.41 Å². The summed E-state index contributed by atoms with van der Waals surface area (Å²) >= 11 is 0. The SMILES string of the molecule is CC(C)(C)C(=N)N1CCCC1(C)C. The Morgan fingerprint density at radius 2 is 1.85 bits per heavy atom. The van der Waals surface area contributed by atoms with E-state index in [1.54, 1.807) is 0 Å². The summed E-state index contributed by atoms with van der Waals surface area (Å²) in [4.78, 5) is 2.26. The number of rotatable bonds is 0. The van der Waals surface area contributed by atoms with Gasteiger partial charge in [0.1, 0.15) is 5.84 Å². The van der Waals surface area contributed by atoms with E-state index >= 15 is 0 Å². The van der Waals surface area contributed by atoms with Crippen LogP contribution in [0.2, 0.25) is 0 Å². The van der Waals surface area contributed by atoms with E-state index in [1.165, 1.54) is 12.8 Å². The average molecular weight is 182 g/mol. The Morgan fingerprint density at radius 3 is 2.15 bits per heavy atom. The van der Waals surface area contributed by atoms with Gasteiger partial charge < -0.3 is 4.90 Å². The summed E-state index contributed by atoms with van der Waals surface area (Å²) in [5.41, 5.74) is 0.186. The molecule has 0 radical (unpaired) electrons. The van der Waals surface area contributed by atoms with Gasteiger partial charge in [-0.05, 0) is 26.7 Å². The molecule has 13 heavy (non-hydrogen) atoms. The first-order valence-corrected chi connectivity index (χ1v) is 5.12. The molecule has 1 heterocycles. The molecule has 1 rings (SSSR count). The van der Waals surface area contributed by atoms with E-state index in [9.17, 15) is 0 Å². The largest absolute Gasteiger partial charge is 0.355 e. The molecule has 0 saturated carbocycles. The summed E-state index contributed by atoms with van der Waals surface area (Å²) < 4.78 is 0. The first-order valence-electron chi connectivity index (χ1n) is 5.12. The Labute approximate surface area is 81.8 Å². The minimum absolute atomic E-state index is 0.0123. The van der Waals surface area contributed by atoms with Crippen LogP contribution < -0.4 is 0 Å². The van der Waals surface area contributed by atoms with Gasteiger partial charge in [-0.2, -0.15) is 0 Å². The third-order valence-corrected chi connectivity index (χ3v) is 2.88. The van der Waals surface area contributed by atoms with Gasteiger partial charge in [0, 0.05) is 17.5 Å². The van der Waals surface area contributed by atoms with E-state index in [0.717, 1.165) is 12.4 Å². The third-order valence-electron chi connectivity index (χ3n) is 2.88. The zero-order valence-electron chi connectivity index (χ0n) is 9.57. The van der Waals surface area contributed by atoms with Crippen molar-refractivity contribution < 1.29 is 0 Å². The Bertz CT molecular complexity index is 211. The summed E-state index contributed by atoms with van der Waals surface area (Å²) in [7, 11) is 0. The molecule has 1 fully saturated rings. The van der Waals surface area contributed by atoms with Crippen molar-refractivity contribution in [2.75, 3.05) is 6.54 Å². The van der Waals surface area contributed by atoms with Crippen molar-refractivity contribution in [2.24, 2.45) is 5.41 Å². The lowest BCUT2D eigenvalue weighted by atomic mass is 9.91. The van der Waals surface area contributed by atoms with Crippen molar-refractivity contribution in [3.8, 4) is 0 Å². The summed E-state index contributed by atoms with van der Waals surface area (Å²) in [6.45, 7) is 11.9. The van der Waals surface area contributed by atoms with Gasteiger partial charge in [0.15, 0.2) is 0 Å². The maximum absolute atomic E-state index is 8.12. The molecule has 0 aliphatic carbocycles. The Kier molecular flexibility index (Phi) is 2.44. The summed E-state index contributed by atoms with van der Waals surface area (Å²) in [6, 6.07) is 0. The lowest BCUT2D eigenvalue weighted by molar-refractivity contribution is 0.256. The predicted molar refractivity (Wildman–Crippen MR) is 57.2 cm³/mol. The van der Waals surface area contributed by atoms with E-state index in [2.05, 4.69) is 39.5 Å². The molecular formula is C11H22N2. The van der Waals surface area contributed by atoms with Crippen molar-refractivity contribution in [3.63, 3.8) is 0 Å². The summed E-state index contributed by atoms with van der Waals surface area (Å²) in [6.07, 6.45) is 2.44. The molecule has 0 bridgehead atoms. The molecule has 0 amide bonds. The maximum atomic E-state index is 8.12. The van der Waals surface area contributed by atoms with Crippen molar-refractivity contribution in [1.29, 1.82) is 5.41 Å². The fourth-order valence-electron chi connectivity index (χ4n) is 1.93. The lowest BCUT2D eigenvalue weighted by Crippen LogP contribution is -2.47. The Morgan fingerprint density at radius 1 is 1.31 bits per heavy atom. The van der Waals surface area contributed by atoms with Crippen LogP contribution in [0.4, 0.5) is 0 Å². The first kappa shape index (κ1) is 10.6. The summed E-state index contributed by atoms with van der Waals surface area (Å²) in [5, 5.41) is 8.12. The molecule has 76 valence electrons. The fraction of sp³-hybridized carbons (Fsp3) is 0.909. The van der Waals surface area contributed by atoms with E-state index in [-0.39, 0.29) is 11.0 Å². The highest BCUT2D eigenvalue weighted by Gasteiger charge is 2.37. The molecule has 0 aromatic heterocycles. The highest BCUT2D eigenvalue weighted by molar-refractivity contribution is 5.85. The zero-order valence-corrected chi connectivity index (χ0v) is 9.57. The van der Waals surface area contributed by atoms with Crippen LogP contribution in [0.1, 0.15) is 47.5 Å². The second kappa shape index (κ2) is 3.00. The number of hydrogen-bond acceptors (Lipinski definition) is 1. The average Bonchev–Trinajstić information content (AvgIpc) is 2.26. The van der Waals surface area contributed by atoms with Crippen molar-refractivity contribution in [3.05, 3.63) is 0 Å². The minimum atomic E-state index is -0.0123. The van der Waals surface area contributed by atoms with Gasteiger partial charge in [-0.3, -0.25) is 5.41 Å². The van der Waals surface area contributed by atoms with Crippen LogP contribution in [-0.4, -0.2) is 22.8 Å². The van der Waals surface area contributed by atoms with Crippen LogP contribution in [0.15, 0.2) is 0 Å². The Hall–Kier alpha value is -0.530. The van der Waals surface area contributed by atoms with E-state index in [1.807, 2.05) is 0 Å². The standard InChI is InChI=1S/C11H22N2/c1-10(2,3)9(12)13-8-6-7-11(13,4)5/h12H,6-8H2,1-5H3. The van der Waals surface area contributed by atoms with Crippen LogP contribution in [0.5, 0.6) is 0 Å². The van der Waals surface area contributed by atoms with Crippen molar-refractivity contribution in [1.82, 2.24) is 4.90 Å². The summed E-state index contributed by atoms with van der Waals surface area (Å²) in [5.74, 6) is 0.787. The molecule has 2 nitrogen and oxygen atoms in total. The quantitative estimate of drug-likeness (QED) is 0.452. The van der Waals surface area contributed by atoms with Gasteiger partial charge >= 0.3 is 0 Å². The van der Waals surface area contributed by atoms with Gasteiger partial charge in [-0.1, -0.05) is 20.8 Å². The molecular weight excluding hydrogens is 160 g/mol. The van der Waals surface area contributed by atoms with Gasteiger partial charge in [-0.25, -0.2) is 0 Å². The molecule has 0 atom stereocenters. The monoisotopic (exact) mass is 182 g/mol. The van der Waals surface area contributed by atoms with Gasteiger partial charge in [0.2, 0.25) is 0 Å². The van der Waals surface area contributed by atoms with Crippen LogP contribution in [-0.2, 0) is 0 Å². The number of likely N-dealkylation sites (tertiary alicyclic amines) is 1. The second-order valence-electron chi connectivity index (χ2n) is 5.67. The van der Waals surface area contributed by atoms with E-state index < -0.39 is 0 Å². The zero-order chi connectivity index (χ0) is 10.3. The molecule has 0 unspecified atom stereocenters. The van der Waals surface area contributed by atoms with Crippen LogP contribution >= 0.6 is 0 Å². The molecule has 1 aliphatic heterocycles. The third kappa shape index (κ3) is 2.04. The van der Waals surface area contributed by atoms with Crippen LogP contribution in [0.25, 0.3) is 0 Å². The number of nitrogens with zero attached hydrogens (tertiary/aromatic N) is 1. The number of amidine groups is 1. The highest BCUT2D eigenvalue weighted by Crippen LogP contribution is 2.32. The highest BCUT2D eigenvalue weighted by atomic mass is 15.2. The van der Waals surface area contributed by atoms with E-state index in [0.29, 0.717) is 0 Å². The fourth-order valence-corrected chi connectivity index (χ4v) is 1.93. The lowest BCUT2D eigenvalue weighted by Gasteiger charge is -2.38. The molecule has 0 aromatic carbocycles. The minimum Gasteiger partial charge on any atom is -0.355 e. The van der Waals surface area contributed by atoms with Crippen molar-refractivity contribution in [2.45, 2.75) is 53.0 Å². The molecule has 0 aromatic rings. The molecule has 1 aliphatic rings. The van der Waals surface area contributed by atoms with Gasteiger partial charge in [0.25, 0.3) is 0 Å². The maximum Gasteiger partial charge on any atom is 0.102 e. The van der Waals surface area contributed by atoms with Crippen LogP contribution in [0.3, 0.4) is 0 Å². The second-order valence-corrected chi connectivity index (χ2v) is 5.67. The molecule has 1 N–H and O–H groups in total. The molecule has 0 spiro atoms. The van der Waals surface area contributed by atoms with Crippen molar-refractivity contribution >= 4 is 5.84 Å². The molecule has 2 heteroatoms. The topological polar surface area (TPSA) is 27.1 Å². The molecule has 1 saturated heterocycles. The van der Waals surface area contributed by atoms with Gasteiger partial charge in [-0.15, -0.1) is 0 Å². The van der Waals surface area contributed by atoms with Gasteiger partial charge in [0.05, 0.1) is 0 Å². The number of nitrogens with one attached hydrogen (secondary N) is 1. The number of hydrogen-bond donors (Lipinski definition) is 1.